The number of nitro groups is 1. The maximum Gasteiger partial charge on any atom is 0.269 e. The lowest BCUT2D eigenvalue weighted by Gasteiger charge is -2.13. The second-order valence-corrected chi connectivity index (χ2v) is 5.09. The van der Waals surface area contributed by atoms with Crippen LogP contribution >= 0.6 is 11.6 Å². The van der Waals surface area contributed by atoms with Crippen molar-refractivity contribution in [1.29, 1.82) is 0 Å². The first kappa shape index (κ1) is 17.6. The molecule has 0 bridgehead atoms. The highest BCUT2D eigenvalue weighted by atomic mass is 35.5. The molecule has 24 heavy (non-hydrogen) atoms. The summed E-state index contributed by atoms with van der Waals surface area (Å²) in [6.45, 7) is 2.19. The molecule has 7 nitrogen and oxygen atoms in total. The minimum absolute atomic E-state index is 0.0564. The van der Waals surface area contributed by atoms with Gasteiger partial charge in [0.1, 0.15) is 0 Å². The minimum Gasteiger partial charge on any atom is -0.491 e. The van der Waals surface area contributed by atoms with Crippen LogP contribution in [-0.4, -0.2) is 24.5 Å². The summed E-state index contributed by atoms with van der Waals surface area (Å²) in [5.74, 6) is 0.293. The van der Waals surface area contributed by atoms with Gasteiger partial charge in [-0.2, -0.15) is 0 Å². The molecule has 0 heterocycles. The molecule has 0 aliphatic carbocycles. The van der Waals surface area contributed by atoms with E-state index in [4.69, 9.17) is 21.1 Å². The van der Waals surface area contributed by atoms with Crippen molar-refractivity contribution < 1.29 is 19.2 Å². The number of ether oxygens (including phenoxy) is 2. The van der Waals surface area contributed by atoms with Crippen molar-refractivity contribution in [1.82, 2.24) is 0 Å². The molecule has 2 aromatic carbocycles. The molecule has 1 amide bonds. The van der Waals surface area contributed by atoms with Crippen molar-refractivity contribution in [2.24, 2.45) is 0 Å². The Labute approximate surface area is 143 Å². The molecule has 0 saturated carbocycles. The molecule has 0 fully saturated rings. The van der Waals surface area contributed by atoms with Crippen LogP contribution in [0.3, 0.4) is 0 Å². The number of halogens is 1. The van der Waals surface area contributed by atoms with Crippen LogP contribution in [0.1, 0.15) is 17.3 Å². The molecule has 0 aliphatic rings. The van der Waals surface area contributed by atoms with E-state index in [9.17, 15) is 14.9 Å². The maximum atomic E-state index is 12.3. The molecule has 1 N–H and O–H groups in total. The van der Waals surface area contributed by atoms with E-state index in [-0.39, 0.29) is 16.3 Å². The summed E-state index contributed by atoms with van der Waals surface area (Å²) >= 11 is 6.11. The average Bonchev–Trinajstić information content (AvgIpc) is 2.55. The number of carbonyl (C=O) groups excluding carboxylic acids is 1. The number of nitrogens with one attached hydrogen (secondary N) is 1. The summed E-state index contributed by atoms with van der Waals surface area (Å²) in [6, 6.07) is 8.50. The Kier molecular flexibility index (Phi) is 5.59. The highest BCUT2D eigenvalue weighted by molar-refractivity contribution is 6.32. The average molecular weight is 351 g/mol. The van der Waals surface area contributed by atoms with E-state index >= 15 is 0 Å². The molecule has 0 aromatic heterocycles. The van der Waals surface area contributed by atoms with E-state index in [0.717, 1.165) is 0 Å². The molecule has 0 saturated heterocycles. The van der Waals surface area contributed by atoms with Crippen molar-refractivity contribution in [2.45, 2.75) is 6.92 Å². The Morgan fingerprint density at radius 2 is 1.96 bits per heavy atom. The van der Waals surface area contributed by atoms with Crippen LogP contribution in [0.25, 0.3) is 0 Å². The van der Waals surface area contributed by atoms with Gasteiger partial charge < -0.3 is 14.8 Å². The van der Waals surface area contributed by atoms with Crippen LogP contribution in [0.2, 0.25) is 5.02 Å². The second-order valence-electron chi connectivity index (χ2n) is 4.68. The number of anilines is 1. The van der Waals surface area contributed by atoms with E-state index in [2.05, 4.69) is 5.32 Å². The molecule has 126 valence electrons. The van der Waals surface area contributed by atoms with E-state index < -0.39 is 10.8 Å². The highest BCUT2D eigenvalue weighted by Crippen LogP contribution is 2.36. The zero-order chi connectivity index (χ0) is 17.7. The lowest BCUT2D eigenvalue weighted by atomic mass is 10.1. The number of methoxy groups -OCH3 is 1. The Bertz CT molecular complexity index is 762. The van der Waals surface area contributed by atoms with Crippen LogP contribution in [0.4, 0.5) is 11.4 Å². The number of hydrogen-bond donors (Lipinski definition) is 1. The van der Waals surface area contributed by atoms with Crippen LogP contribution in [0, 0.1) is 10.1 Å². The predicted octanol–water partition coefficient (Wildman–Crippen LogP) is 3.91. The quantitative estimate of drug-likeness (QED) is 0.630. The zero-order valence-corrected chi connectivity index (χ0v) is 13.8. The molecule has 0 unspecified atom stereocenters. The smallest absolute Gasteiger partial charge is 0.269 e. The summed E-state index contributed by atoms with van der Waals surface area (Å²) < 4.78 is 10.6. The zero-order valence-electron chi connectivity index (χ0n) is 13.0. The van der Waals surface area contributed by atoms with Crippen molar-refractivity contribution in [3.05, 3.63) is 57.1 Å². The molecule has 0 aliphatic heterocycles. The summed E-state index contributed by atoms with van der Waals surface area (Å²) in [7, 11) is 1.46. The Morgan fingerprint density at radius 1 is 1.29 bits per heavy atom. The highest BCUT2D eigenvalue weighted by Gasteiger charge is 2.16. The fourth-order valence-electron chi connectivity index (χ4n) is 2.03. The first-order valence-corrected chi connectivity index (χ1v) is 7.40. The van der Waals surface area contributed by atoms with Gasteiger partial charge in [-0.15, -0.1) is 0 Å². The Morgan fingerprint density at radius 3 is 2.50 bits per heavy atom. The lowest BCUT2D eigenvalue weighted by Crippen LogP contribution is -2.12. The summed E-state index contributed by atoms with van der Waals surface area (Å²) in [6.07, 6.45) is 0. The number of nitrogens with zero attached hydrogens (tertiary/aromatic N) is 1. The van der Waals surface area contributed by atoms with Gasteiger partial charge in [-0.3, -0.25) is 14.9 Å². The molecule has 0 spiro atoms. The molecular weight excluding hydrogens is 336 g/mol. The van der Waals surface area contributed by atoms with Gasteiger partial charge >= 0.3 is 0 Å². The second kappa shape index (κ2) is 7.65. The number of amides is 1. The lowest BCUT2D eigenvalue weighted by molar-refractivity contribution is -0.384. The minimum atomic E-state index is -0.511. The van der Waals surface area contributed by atoms with Crippen molar-refractivity contribution >= 4 is 28.9 Å². The topological polar surface area (TPSA) is 90.7 Å². The molecule has 0 radical (unpaired) electrons. The molecular formula is C16H15ClN2O5. The van der Waals surface area contributed by atoms with Crippen molar-refractivity contribution in [2.75, 3.05) is 19.0 Å². The Hall–Kier alpha value is -2.80. The van der Waals surface area contributed by atoms with Gasteiger partial charge in [0.25, 0.3) is 11.6 Å². The molecule has 2 rings (SSSR count). The van der Waals surface area contributed by atoms with Crippen molar-refractivity contribution in [3.63, 3.8) is 0 Å². The molecule has 8 heteroatoms. The fourth-order valence-corrected chi connectivity index (χ4v) is 2.32. The summed E-state index contributed by atoms with van der Waals surface area (Å²) in [5.41, 5.74) is 0.650. The molecule has 0 atom stereocenters. The van der Waals surface area contributed by atoms with Crippen LogP contribution in [0.15, 0.2) is 36.4 Å². The first-order chi connectivity index (χ1) is 11.5. The van der Waals surface area contributed by atoms with Crippen LogP contribution in [-0.2, 0) is 0 Å². The van der Waals surface area contributed by atoms with Crippen molar-refractivity contribution in [3.8, 4) is 11.5 Å². The third-order valence-electron chi connectivity index (χ3n) is 3.11. The molecule has 2 aromatic rings. The number of non-ortho nitro benzene ring substituents is 1. The number of nitro benzene ring substituents is 1. The largest absolute Gasteiger partial charge is 0.491 e. The third kappa shape index (κ3) is 3.94. The van der Waals surface area contributed by atoms with Crippen LogP contribution in [0.5, 0.6) is 11.5 Å². The number of rotatable bonds is 6. The SMILES string of the molecule is CCOc1cc(C(=O)Nc2ccc([N+](=O)[O-])cc2)cc(Cl)c1OC. The van der Waals surface area contributed by atoms with Crippen LogP contribution < -0.4 is 14.8 Å². The monoisotopic (exact) mass is 350 g/mol. The third-order valence-corrected chi connectivity index (χ3v) is 3.39. The van der Waals surface area contributed by atoms with Gasteiger partial charge in [-0.25, -0.2) is 0 Å². The first-order valence-electron chi connectivity index (χ1n) is 7.02. The van der Waals surface area contributed by atoms with Gasteiger partial charge in [0.2, 0.25) is 0 Å². The number of benzene rings is 2. The van der Waals surface area contributed by atoms with Gasteiger partial charge in [0, 0.05) is 23.4 Å². The predicted molar refractivity (Wildman–Crippen MR) is 90.2 cm³/mol. The van der Waals surface area contributed by atoms with E-state index in [1.165, 1.54) is 43.5 Å². The van der Waals surface area contributed by atoms with E-state index in [1.54, 1.807) is 6.92 Å². The number of hydrogen-bond acceptors (Lipinski definition) is 5. The number of carbonyl (C=O) groups is 1. The maximum absolute atomic E-state index is 12.3. The summed E-state index contributed by atoms with van der Waals surface area (Å²) in [5, 5.41) is 13.5. The fraction of sp³-hybridized carbons (Fsp3) is 0.188. The van der Waals surface area contributed by atoms with Gasteiger partial charge in [-0.05, 0) is 31.2 Å². The summed E-state index contributed by atoms with van der Waals surface area (Å²) in [4.78, 5) is 22.5. The van der Waals surface area contributed by atoms with Gasteiger partial charge in [-0.1, -0.05) is 11.6 Å². The van der Waals surface area contributed by atoms with E-state index in [1.807, 2.05) is 0 Å². The van der Waals surface area contributed by atoms with Gasteiger partial charge in [0.15, 0.2) is 11.5 Å². The standard InChI is InChI=1S/C16H15ClN2O5/c1-3-24-14-9-10(8-13(17)15(14)23-2)16(20)18-11-4-6-12(7-5-11)19(21)22/h4-9H,3H2,1-2H3,(H,18,20). The van der Waals surface area contributed by atoms with E-state index in [0.29, 0.717) is 23.8 Å². The normalized spacial score (nSPS) is 10.1. The Balaban J connectivity index is 2.24. The van der Waals surface area contributed by atoms with Gasteiger partial charge in [0.05, 0.1) is 23.7 Å².